The number of nitrogens with zero attached hydrogens (tertiary/aromatic N) is 1. The molecule has 2 N–H and O–H groups in total. The third-order valence-electron chi connectivity index (χ3n) is 4.07. The summed E-state index contributed by atoms with van der Waals surface area (Å²) in [5, 5.41) is 13.0. The number of anilines is 1. The van der Waals surface area contributed by atoms with Crippen LogP contribution in [0, 0.1) is 27.6 Å². The standard InChI is InChI=1S/C17H16F3N3O3/c1-10(11-4-3-5-12(8-11)23(25)26)22(2)9-15(24)21-14-7-6-13(18)16(19)17(14)20/h3-8,10H,9H2,1-2H3,(H,21,24)/p+1/t10-/m0/s1. The third-order valence-corrected chi connectivity index (χ3v) is 4.07. The molecule has 26 heavy (non-hydrogen) atoms. The minimum atomic E-state index is -1.66. The molecule has 2 atom stereocenters. The normalized spacial score (nSPS) is 13.1. The van der Waals surface area contributed by atoms with E-state index in [4.69, 9.17) is 0 Å². The van der Waals surface area contributed by atoms with E-state index in [9.17, 15) is 28.1 Å². The van der Waals surface area contributed by atoms with E-state index in [1.54, 1.807) is 26.1 Å². The molecule has 0 radical (unpaired) electrons. The molecule has 2 aromatic carbocycles. The third kappa shape index (κ3) is 4.37. The molecule has 0 aliphatic heterocycles. The van der Waals surface area contributed by atoms with Crippen molar-refractivity contribution in [3.05, 3.63) is 69.5 Å². The van der Waals surface area contributed by atoms with Crippen molar-refractivity contribution in [3.63, 3.8) is 0 Å². The Morgan fingerprint density at radius 3 is 2.58 bits per heavy atom. The van der Waals surface area contributed by atoms with Gasteiger partial charge in [0.15, 0.2) is 24.0 Å². The number of nitro groups is 1. The number of benzene rings is 2. The van der Waals surface area contributed by atoms with E-state index in [0.717, 1.165) is 12.1 Å². The van der Waals surface area contributed by atoms with Crippen molar-refractivity contribution < 1.29 is 27.8 Å². The molecule has 0 bridgehead atoms. The Balaban J connectivity index is 2.06. The minimum absolute atomic E-state index is 0.0598. The molecule has 0 aliphatic carbocycles. The van der Waals surface area contributed by atoms with Crippen LogP contribution in [0.25, 0.3) is 0 Å². The summed E-state index contributed by atoms with van der Waals surface area (Å²) in [7, 11) is 1.69. The summed E-state index contributed by atoms with van der Waals surface area (Å²) in [5.74, 6) is -5.08. The van der Waals surface area contributed by atoms with E-state index >= 15 is 0 Å². The van der Waals surface area contributed by atoms with Gasteiger partial charge >= 0.3 is 0 Å². The van der Waals surface area contributed by atoms with Gasteiger partial charge in [0, 0.05) is 17.7 Å². The van der Waals surface area contributed by atoms with Gasteiger partial charge in [-0.3, -0.25) is 14.9 Å². The number of carbonyl (C=O) groups excluding carboxylic acids is 1. The molecule has 2 aromatic rings. The van der Waals surface area contributed by atoms with Gasteiger partial charge in [0.1, 0.15) is 6.04 Å². The van der Waals surface area contributed by atoms with Gasteiger partial charge in [-0.25, -0.2) is 13.2 Å². The van der Waals surface area contributed by atoms with Crippen LogP contribution >= 0.6 is 0 Å². The fraction of sp³-hybridized carbons (Fsp3) is 0.235. The Bertz CT molecular complexity index is 845. The van der Waals surface area contributed by atoms with Gasteiger partial charge in [0.05, 0.1) is 17.7 Å². The smallest absolute Gasteiger partial charge is 0.279 e. The highest BCUT2D eigenvalue weighted by Gasteiger charge is 2.22. The van der Waals surface area contributed by atoms with Gasteiger partial charge in [-0.05, 0) is 19.1 Å². The first-order valence-electron chi connectivity index (χ1n) is 7.70. The summed E-state index contributed by atoms with van der Waals surface area (Å²) in [4.78, 5) is 23.1. The van der Waals surface area contributed by atoms with Crippen LogP contribution in [0.4, 0.5) is 24.5 Å². The van der Waals surface area contributed by atoms with Crippen molar-refractivity contribution in [3.8, 4) is 0 Å². The number of hydrogen-bond acceptors (Lipinski definition) is 3. The molecule has 0 aromatic heterocycles. The summed E-state index contributed by atoms with van der Waals surface area (Å²) in [6.45, 7) is 1.67. The monoisotopic (exact) mass is 368 g/mol. The SMILES string of the molecule is C[C@@H](c1cccc([N+](=O)[O-])c1)[NH+](C)CC(=O)Nc1ccc(F)c(F)c1F. The molecular weight excluding hydrogens is 351 g/mol. The van der Waals surface area contributed by atoms with Gasteiger partial charge < -0.3 is 10.2 Å². The van der Waals surface area contributed by atoms with Crippen molar-refractivity contribution in [1.29, 1.82) is 0 Å². The Kier molecular flexibility index (Phi) is 5.93. The second-order valence-electron chi connectivity index (χ2n) is 5.87. The number of nitro benzene ring substituents is 1. The number of amides is 1. The summed E-state index contributed by atoms with van der Waals surface area (Å²) in [6.07, 6.45) is 0. The van der Waals surface area contributed by atoms with Crippen LogP contribution in [-0.4, -0.2) is 24.4 Å². The van der Waals surface area contributed by atoms with Crippen molar-refractivity contribution in [2.24, 2.45) is 0 Å². The lowest BCUT2D eigenvalue weighted by molar-refractivity contribution is -0.902. The van der Waals surface area contributed by atoms with Crippen molar-refractivity contribution in [2.75, 3.05) is 18.9 Å². The maximum absolute atomic E-state index is 13.6. The lowest BCUT2D eigenvalue weighted by Gasteiger charge is -2.21. The zero-order chi connectivity index (χ0) is 19.4. The lowest BCUT2D eigenvalue weighted by Crippen LogP contribution is -3.10. The van der Waals surface area contributed by atoms with Crippen LogP contribution in [-0.2, 0) is 4.79 Å². The average Bonchev–Trinajstić information content (AvgIpc) is 2.61. The number of rotatable bonds is 6. The van der Waals surface area contributed by atoms with Crippen molar-refractivity contribution >= 4 is 17.3 Å². The van der Waals surface area contributed by atoms with E-state index in [1.807, 2.05) is 0 Å². The first kappa shape index (κ1) is 19.4. The zero-order valence-electron chi connectivity index (χ0n) is 14.1. The molecule has 2 rings (SSSR count). The van der Waals surface area contributed by atoms with E-state index in [2.05, 4.69) is 5.32 Å². The fourth-order valence-electron chi connectivity index (χ4n) is 2.42. The molecule has 0 spiro atoms. The Hall–Kier alpha value is -2.94. The van der Waals surface area contributed by atoms with Crippen LogP contribution in [0.2, 0.25) is 0 Å². The largest absolute Gasteiger partial charge is 0.324 e. The van der Waals surface area contributed by atoms with E-state index in [1.165, 1.54) is 12.1 Å². The van der Waals surface area contributed by atoms with E-state index in [0.29, 0.717) is 10.5 Å². The molecule has 0 aliphatic rings. The molecular formula is C17H17F3N3O3+. The zero-order valence-corrected chi connectivity index (χ0v) is 14.1. The lowest BCUT2D eigenvalue weighted by atomic mass is 10.1. The van der Waals surface area contributed by atoms with Gasteiger partial charge in [0.2, 0.25) is 0 Å². The van der Waals surface area contributed by atoms with Crippen LogP contribution in [0.15, 0.2) is 36.4 Å². The molecule has 138 valence electrons. The van der Waals surface area contributed by atoms with Crippen molar-refractivity contribution in [2.45, 2.75) is 13.0 Å². The molecule has 9 heteroatoms. The van der Waals surface area contributed by atoms with Crippen LogP contribution in [0.5, 0.6) is 0 Å². The highest BCUT2D eigenvalue weighted by atomic mass is 19.2. The van der Waals surface area contributed by atoms with Crippen LogP contribution in [0.1, 0.15) is 18.5 Å². The Morgan fingerprint density at radius 1 is 1.23 bits per heavy atom. The van der Waals surface area contributed by atoms with Gasteiger partial charge in [-0.2, -0.15) is 0 Å². The maximum Gasteiger partial charge on any atom is 0.279 e. The molecule has 0 heterocycles. The molecule has 0 fully saturated rings. The highest BCUT2D eigenvalue weighted by molar-refractivity contribution is 5.91. The van der Waals surface area contributed by atoms with Gasteiger partial charge in [-0.15, -0.1) is 0 Å². The maximum atomic E-state index is 13.6. The first-order valence-corrected chi connectivity index (χ1v) is 7.70. The van der Waals surface area contributed by atoms with E-state index in [-0.39, 0.29) is 18.3 Å². The van der Waals surface area contributed by atoms with Gasteiger partial charge in [0.25, 0.3) is 11.6 Å². The molecule has 6 nitrogen and oxygen atoms in total. The number of halogens is 3. The summed E-state index contributed by atoms with van der Waals surface area (Å²) in [5.41, 5.74) is 0.142. The number of carbonyl (C=O) groups is 1. The molecule has 0 saturated heterocycles. The second kappa shape index (κ2) is 7.96. The summed E-state index contributed by atoms with van der Waals surface area (Å²) < 4.78 is 39.7. The predicted octanol–water partition coefficient (Wildman–Crippen LogP) is 2.23. The van der Waals surface area contributed by atoms with Crippen LogP contribution in [0.3, 0.4) is 0 Å². The van der Waals surface area contributed by atoms with Crippen molar-refractivity contribution in [1.82, 2.24) is 0 Å². The number of non-ortho nitro benzene ring substituents is 1. The summed E-state index contributed by atoms with van der Waals surface area (Å²) in [6, 6.07) is 7.42. The Morgan fingerprint density at radius 2 is 1.92 bits per heavy atom. The van der Waals surface area contributed by atoms with E-state index < -0.39 is 34.0 Å². The van der Waals surface area contributed by atoms with Crippen LogP contribution < -0.4 is 10.2 Å². The Labute approximate surface area is 147 Å². The number of likely N-dealkylation sites (N-methyl/N-ethyl adjacent to an activating group) is 1. The number of nitrogens with one attached hydrogen (secondary N) is 2. The fourth-order valence-corrected chi connectivity index (χ4v) is 2.42. The quantitative estimate of drug-likeness (QED) is 0.466. The minimum Gasteiger partial charge on any atom is -0.324 e. The topological polar surface area (TPSA) is 76.7 Å². The number of hydrogen-bond donors (Lipinski definition) is 2. The molecule has 1 amide bonds. The first-order chi connectivity index (χ1) is 12.2. The average molecular weight is 368 g/mol. The molecule has 1 unspecified atom stereocenters. The predicted molar refractivity (Wildman–Crippen MR) is 88.2 cm³/mol. The number of quaternary nitrogens is 1. The second-order valence-corrected chi connectivity index (χ2v) is 5.87. The van der Waals surface area contributed by atoms with Gasteiger partial charge in [-0.1, -0.05) is 12.1 Å². The highest BCUT2D eigenvalue weighted by Crippen LogP contribution is 2.19. The summed E-state index contributed by atoms with van der Waals surface area (Å²) >= 11 is 0. The molecule has 0 saturated carbocycles.